The van der Waals surface area contributed by atoms with E-state index in [-0.39, 0.29) is 11.9 Å². The molecule has 7 heteroatoms. The van der Waals surface area contributed by atoms with Crippen molar-refractivity contribution in [2.24, 2.45) is 0 Å². The van der Waals surface area contributed by atoms with Gasteiger partial charge in [0.2, 0.25) is 5.95 Å². The summed E-state index contributed by atoms with van der Waals surface area (Å²) in [4.78, 5) is 19.0. The van der Waals surface area contributed by atoms with Gasteiger partial charge in [0, 0.05) is 21.8 Å². The van der Waals surface area contributed by atoms with E-state index >= 15 is 0 Å². The summed E-state index contributed by atoms with van der Waals surface area (Å²) >= 11 is 1.60. The van der Waals surface area contributed by atoms with E-state index in [9.17, 15) is 4.79 Å². The lowest BCUT2D eigenvalue weighted by Crippen LogP contribution is -2.31. The van der Waals surface area contributed by atoms with Crippen LogP contribution in [0, 0.1) is 0 Å². The van der Waals surface area contributed by atoms with Gasteiger partial charge in [-0.15, -0.1) is 16.4 Å². The first-order valence-electron chi connectivity index (χ1n) is 9.60. The quantitative estimate of drug-likeness (QED) is 0.497. The van der Waals surface area contributed by atoms with Crippen LogP contribution < -0.4 is 10.6 Å². The first kappa shape index (κ1) is 18.3. The van der Waals surface area contributed by atoms with Gasteiger partial charge in [0.15, 0.2) is 5.82 Å². The van der Waals surface area contributed by atoms with E-state index in [1.54, 1.807) is 16.0 Å². The highest BCUT2D eigenvalue weighted by Crippen LogP contribution is 2.38. The Morgan fingerprint density at radius 1 is 1.03 bits per heavy atom. The van der Waals surface area contributed by atoms with Crippen LogP contribution in [-0.2, 0) is 4.79 Å². The lowest BCUT2D eigenvalue weighted by molar-refractivity contribution is -0.113. The van der Waals surface area contributed by atoms with Crippen LogP contribution >= 0.6 is 11.3 Å². The largest absolute Gasteiger partial charge is 0.328 e. The van der Waals surface area contributed by atoms with E-state index < -0.39 is 0 Å². The van der Waals surface area contributed by atoms with Crippen LogP contribution in [0.25, 0.3) is 11.4 Å². The molecule has 3 heterocycles. The predicted molar refractivity (Wildman–Crippen MR) is 119 cm³/mol. The van der Waals surface area contributed by atoms with E-state index in [1.165, 1.54) is 0 Å². The van der Waals surface area contributed by atoms with E-state index in [4.69, 9.17) is 5.10 Å². The Labute approximate surface area is 177 Å². The number of benzene rings is 2. The molecule has 0 spiro atoms. The van der Waals surface area contributed by atoms with Crippen molar-refractivity contribution < 1.29 is 4.79 Å². The SMILES string of the molecule is CC1=C(C(=O)Nc2ccccc2)[C@H](c2cccs2)n2nc(-c3ccccc3)nc2N1. The number of rotatable bonds is 4. The Hall–Kier alpha value is -3.71. The Kier molecular flexibility index (Phi) is 4.65. The molecule has 30 heavy (non-hydrogen) atoms. The number of carbonyl (C=O) groups is 1. The molecule has 6 nitrogen and oxygen atoms in total. The van der Waals surface area contributed by atoms with E-state index in [1.807, 2.05) is 85.1 Å². The predicted octanol–water partition coefficient (Wildman–Crippen LogP) is 4.93. The number of nitrogens with zero attached hydrogens (tertiary/aromatic N) is 3. The Balaban J connectivity index is 1.58. The summed E-state index contributed by atoms with van der Waals surface area (Å²) in [5.41, 5.74) is 3.07. The van der Waals surface area contributed by atoms with E-state index in [0.29, 0.717) is 17.3 Å². The van der Waals surface area contributed by atoms with Gasteiger partial charge in [-0.25, -0.2) is 4.68 Å². The molecule has 0 aliphatic carbocycles. The van der Waals surface area contributed by atoms with E-state index in [0.717, 1.165) is 21.8 Å². The number of carbonyl (C=O) groups excluding carboxylic acids is 1. The molecule has 2 aromatic heterocycles. The number of hydrogen-bond acceptors (Lipinski definition) is 5. The molecule has 5 rings (SSSR count). The number of thiophene rings is 1. The Bertz CT molecular complexity index is 1210. The second-order valence-corrected chi connectivity index (χ2v) is 7.95. The molecule has 0 radical (unpaired) electrons. The Morgan fingerprint density at radius 3 is 2.47 bits per heavy atom. The highest BCUT2D eigenvalue weighted by atomic mass is 32.1. The van der Waals surface area contributed by atoms with Crippen molar-refractivity contribution in [1.82, 2.24) is 14.8 Å². The zero-order valence-electron chi connectivity index (χ0n) is 16.2. The number of fused-ring (bicyclic) bond motifs is 1. The van der Waals surface area contributed by atoms with Crippen LogP contribution in [0.2, 0.25) is 0 Å². The molecule has 2 N–H and O–H groups in total. The zero-order chi connectivity index (χ0) is 20.5. The fourth-order valence-corrected chi connectivity index (χ4v) is 4.40. The molecule has 1 aliphatic rings. The molecule has 0 unspecified atom stereocenters. The molecule has 0 fully saturated rings. The number of amides is 1. The van der Waals surface area contributed by atoms with Crippen molar-refractivity contribution in [2.75, 3.05) is 10.6 Å². The third-order valence-corrected chi connectivity index (χ3v) is 5.90. The highest BCUT2D eigenvalue weighted by molar-refractivity contribution is 7.10. The maximum atomic E-state index is 13.3. The van der Waals surface area contributed by atoms with Gasteiger partial charge < -0.3 is 10.6 Å². The number of hydrogen-bond donors (Lipinski definition) is 2. The second-order valence-electron chi connectivity index (χ2n) is 6.97. The van der Waals surface area contributed by atoms with Crippen molar-refractivity contribution in [2.45, 2.75) is 13.0 Å². The third kappa shape index (κ3) is 3.29. The van der Waals surface area contributed by atoms with Crippen LogP contribution in [-0.4, -0.2) is 20.7 Å². The maximum absolute atomic E-state index is 13.3. The normalized spacial score (nSPS) is 15.4. The van der Waals surface area contributed by atoms with Gasteiger partial charge in [0.05, 0.1) is 5.57 Å². The first-order valence-corrected chi connectivity index (χ1v) is 10.5. The minimum absolute atomic E-state index is 0.160. The average molecular weight is 414 g/mol. The van der Waals surface area contributed by atoms with Gasteiger partial charge in [0.1, 0.15) is 6.04 Å². The fraction of sp³-hybridized carbons (Fsp3) is 0.0870. The molecule has 2 aromatic carbocycles. The van der Waals surface area contributed by atoms with E-state index in [2.05, 4.69) is 15.6 Å². The van der Waals surface area contributed by atoms with Crippen LogP contribution in [0.15, 0.2) is 89.4 Å². The summed E-state index contributed by atoms with van der Waals surface area (Å²) in [6, 6.07) is 23.0. The Morgan fingerprint density at radius 2 is 1.77 bits per heavy atom. The third-order valence-electron chi connectivity index (χ3n) is 4.97. The van der Waals surface area contributed by atoms with Gasteiger partial charge >= 0.3 is 0 Å². The van der Waals surface area contributed by atoms with Crippen molar-refractivity contribution in [3.05, 3.63) is 94.3 Å². The van der Waals surface area contributed by atoms with Crippen molar-refractivity contribution in [3.63, 3.8) is 0 Å². The number of nitrogens with one attached hydrogen (secondary N) is 2. The average Bonchev–Trinajstić information content (AvgIpc) is 3.44. The van der Waals surface area contributed by atoms with Gasteiger partial charge in [0.25, 0.3) is 5.91 Å². The first-order chi connectivity index (χ1) is 14.7. The van der Waals surface area contributed by atoms with Gasteiger partial charge in [-0.3, -0.25) is 4.79 Å². The molecule has 1 atom stereocenters. The van der Waals surface area contributed by atoms with Crippen molar-refractivity contribution in [3.8, 4) is 11.4 Å². The van der Waals surface area contributed by atoms with Gasteiger partial charge in [-0.05, 0) is 30.5 Å². The molecular weight excluding hydrogens is 394 g/mol. The number of anilines is 2. The molecular formula is C23H19N5OS. The van der Waals surface area contributed by atoms with Crippen LogP contribution in [0.5, 0.6) is 0 Å². The molecule has 1 aliphatic heterocycles. The summed E-state index contributed by atoms with van der Waals surface area (Å²) in [7, 11) is 0. The summed E-state index contributed by atoms with van der Waals surface area (Å²) in [5, 5.41) is 13.1. The zero-order valence-corrected chi connectivity index (χ0v) is 17.1. The van der Waals surface area contributed by atoms with Crippen molar-refractivity contribution in [1.29, 1.82) is 0 Å². The number of allylic oxidation sites excluding steroid dienone is 1. The van der Waals surface area contributed by atoms with Gasteiger partial charge in [-0.1, -0.05) is 54.6 Å². The smallest absolute Gasteiger partial charge is 0.255 e. The highest BCUT2D eigenvalue weighted by Gasteiger charge is 2.35. The molecule has 4 aromatic rings. The lowest BCUT2D eigenvalue weighted by Gasteiger charge is -2.27. The molecule has 0 saturated carbocycles. The van der Waals surface area contributed by atoms with Crippen LogP contribution in [0.1, 0.15) is 17.8 Å². The topological polar surface area (TPSA) is 71.8 Å². The summed E-state index contributed by atoms with van der Waals surface area (Å²) in [6.07, 6.45) is 0. The molecule has 0 saturated heterocycles. The van der Waals surface area contributed by atoms with Gasteiger partial charge in [-0.2, -0.15) is 4.98 Å². The summed E-state index contributed by atoms with van der Waals surface area (Å²) < 4.78 is 1.81. The fourth-order valence-electron chi connectivity index (χ4n) is 3.58. The standard InChI is InChI=1S/C23H19N5OS/c1-15-19(22(29)25-17-11-6-3-7-12-17)20(18-13-8-14-30-18)28-23(24-15)26-21(27-28)16-9-4-2-5-10-16/h2-14,20H,1H3,(H,25,29)(H,24,26,27)/t20-/m0/s1. The number of para-hydroxylation sites is 1. The minimum Gasteiger partial charge on any atom is -0.328 e. The maximum Gasteiger partial charge on any atom is 0.255 e. The molecule has 0 bridgehead atoms. The summed E-state index contributed by atoms with van der Waals surface area (Å²) in [6.45, 7) is 1.90. The lowest BCUT2D eigenvalue weighted by atomic mass is 10.0. The summed E-state index contributed by atoms with van der Waals surface area (Å²) in [5.74, 6) is 1.09. The van der Waals surface area contributed by atoms with Crippen LogP contribution in [0.3, 0.4) is 0 Å². The second kappa shape index (κ2) is 7.61. The van der Waals surface area contributed by atoms with Crippen molar-refractivity contribution >= 4 is 28.9 Å². The number of aromatic nitrogens is 3. The molecule has 1 amide bonds. The van der Waals surface area contributed by atoms with Crippen LogP contribution in [0.4, 0.5) is 11.6 Å². The minimum atomic E-state index is -0.352. The molecule has 148 valence electrons. The monoisotopic (exact) mass is 413 g/mol.